The van der Waals surface area contributed by atoms with Crippen molar-refractivity contribution in [2.75, 3.05) is 0 Å². The average Bonchev–Trinajstić information content (AvgIpc) is 2.36. The number of ketones is 1. The Balaban J connectivity index is 2.19. The lowest BCUT2D eigenvalue weighted by Gasteiger charge is -2.24. The van der Waals surface area contributed by atoms with Crippen molar-refractivity contribution < 1.29 is 17.4 Å². The molecule has 0 heterocycles. The zero-order chi connectivity index (χ0) is 14.3. The van der Waals surface area contributed by atoms with E-state index >= 15 is 0 Å². The van der Waals surface area contributed by atoms with E-state index in [4.69, 9.17) is 9.32 Å². The molecule has 2 N–H and O–H groups in total. The fourth-order valence-electron chi connectivity index (χ4n) is 2.97. The van der Waals surface area contributed by atoms with Gasteiger partial charge in [-0.25, -0.2) is 0 Å². The quantitative estimate of drug-likeness (QED) is 0.890. The van der Waals surface area contributed by atoms with Gasteiger partial charge in [-0.2, -0.15) is 13.6 Å². The maximum Gasteiger partial charge on any atom is 0.380 e. The van der Waals surface area contributed by atoms with Gasteiger partial charge in [0.05, 0.1) is 0 Å². The molecule has 0 aliphatic heterocycles. The zero-order valence-corrected chi connectivity index (χ0v) is 11.7. The van der Waals surface area contributed by atoms with E-state index in [0.29, 0.717) is 0 Å². The highest BCUT2D eigenvalue weighted by Crippen LogP contribution is 2.37. The number of hydrogen-bond donors (Lipinski definition) is 1. The van der Waals surface area contributed by atoms with Gasteiger partial charge < -0.3 is 4.18 Å². The van der Waals surface area contributed by atoms with Crippen LogP contribution in [0, 0.1) is 0 Å². The summed E-state index contributed by atoms with van der Waals surface area (Å²) in [6.45, 7) is 0. The molecule has 0 unspecified atom stereocenters. The molecule has 2 aliphatic rings. The monoisotopic (exact) mass is 293 g/mol. The Morgan fingerprint density at radius 1 is 1.10 bits per heavy atom. The minimum absolute atomic E-state index is 0.00909. The van der Waals surface area contributed by atoms with E-state index in [9.17, 15) is 13.2 Å². The summed E-state index contributed by atoms with van der Waals surface area (Å²) in [4.78, 5) is 11.5. The number of carbonyl (C=O) groups excluding carboxylic acids is 1. The minimum Gasteiger partial charge on any atom is -0.371 e. The third-order valence-electron chi connectivity index (χ3n) is 3.75. The van der Waals surface area contributed by atoms with Gasteiger partial charge in [0.15, 0.2) is 5.78 Å². The summed E-state index contributed by atoms with van der Waals surface area (Å²) < 4.78 is 27.3. The molecule has 0 aromatic heterocycles. The second kappa shape index (κ2) is 4.71. The Morgan fingerprint density at radius 3 is 2.50 bits per heavy atom. The standard InChI is InChI=1S/C14H15NO4S/c15-20(17,18)19-14-8-9-7-10(16)5-6-11(9)12-3-1-2-4-13(12)14/h5-6,8H,1-4,7H2,(H2,15,17,18). The number of allylic oxidation sites excluding steroid dienone is 1. The predicted octanol–water partition coefficient (Wildman–Crippen LogP) is 1.29. The highest BCUT2D eigenvalue weighted by atomic mass is 32.2. The van der Waals surface area contributed by atoms with E-state index < -0.39 is 10.3 Å². The molecule has 0 amide bonds. The molecular formula is C14H15NO4S. The maximum absolute atomic E-state index is 11.5. The number of hydrogen-bond acceptors (Lipinski definition) is 4. The molecule has 2 aliphatic carbocycles. The van der Waals surface area contributed by atoms with Gasteiger partial charge in [-0.1, -0.05) is 6.08 Å². The van der Waals surface area contributed by atoms with Gasteiger partial charge in [0.25, 0.3) is 0 Å². The highest BCUT2D eigenvalue weighted by molar-refractivity contribution is 7.84. The first kappa shape index (κ1) is 13.3. The first-order valence-electron chi connectivity index (χ1n) is 6.55. The molecular weight excluding hydrogens is 278 g/mol. The van der Waals surface area contributed by atoms with Crippen LogP contribution < -0.4 is 9.32 Å². The topological polar surface area (TPSA) is 86.5 Å². The first-order chi connectivity index (χ1) is 9.44. The van der Waals surface area contributed by atoms with Gasteiger partial charge in [0.2, 0.25) is 0 Å². The van der Waals surface area contributed by atoms with Crippen molar-refractivity contribution in [3.05, 3.63) is 34.4 Å². The van der Waals surface area contributed by atoms with Crippen LogP contribution in [0.15, 0.2) is 12.1 Å². The fourth-order valence-corrected chi connectivity index (χ4v) is 3.37. The molecule has 106 valence electrons. The van der Waals surface area contributed by atoms with Crippen LogP contribution in [-0.2, 0) is 34.4 Å². The molecule has 5 nitrogen and oxygen atoms in total. The third kappa shape index (κ3) is 2.48. The zero-order valence-electron chi connectivity index (χ0n) is 10.9. The van der Waals surface area contributed by atoms with Gasteiger partial charge in [0.1, 0.15) is 5.75 Å². The molecule has 0 saturated heterocycles. The van der Waals surface area contributed by atoms with Gasteiger partial charge in [-0.15, -0.1) is 0 Å². The summed E-state index contributed by atoms with van der Waals surface area (Å²) in [6, 6.07) is 1.64. The van der Waals surface area contributed by atoms with E-state index in [1.807, 2.05) is 6.08 Å². The lowest BCUT2D eigenvalue weighted by Crippen LogP contribution is -2.21. The third-order valence-corrected chi connectivity index (χ3v) is 4.16. The number of rotatable bonds is 2. The summed E-state index contributed by atoms with van der Waals surface area (Å²) in [6.07, 6.45) is 7.38. The Labute approximate surface area is 117 Å². The smallest absolute Gasteiger partial charge is 0.371 e. The first-order valence-corrected chi connectivity index (χ1v) is 8.02. The molecule has 1 aromatic rings. The largest absolute Gasteiger partial charge is 0.380 e. The van der Waals surface area contributed by atoms with Crippen molar-refractivity contribution >= 4 is 22.2 Å². The molecule has 0 radical (unpaired) electrons. The van der Waals surface area contributed by atoms with E-state index in [1.54, 1.807) is 12.1 Å². The predicted molar refractivity (Wildman–Crippen MR) is 74.6 cm³/mol. The van der Waals surface area contributed by atoms with Crippen molar-refractivity contribution in [1.82, 2.24) is 0 Å². The summed E-state index contributed by atoms with van der Waals surface area (Å²) >= 11 is 0. The van der Waals surface area contributed by atoms with Crippen molar-refractivity contribution in [3.63, 3.8) is 0 Å². The highest BCUT2D eigenvalue weighted by Gasteiger charge is 2.24. The molecule has 20 heavy (non-hydrogen) atoms. The van der Waals surface area contributed by atoms with Crippen LogP contribution >= 0.6 is 0 Å². The van der Waals surface area contributed by atoms with Gasteiger partial charge in [-0.3, -0.25) is 4.79 Å². The second-order valence-electron chi connectivity index (χ2n) is 5.16. The Kier molecular flexibility index (Phi) is 3.14. The van der Waals surface area contributed by atoms with Gasteiger partial charge in [-0.05, 0) is 60.1 Å². The van der Waals surface area contributed by atoms with Gasteiger partial charge in [0, 0.05) is 6.42 Å². The average molecular weight is 293 g/mol. The number of benzene rings is 1. The molecule has 0 spiro atoms. The van der Waals surface area contributed by atoms with Crippen molar-refractivity contribution in [2.45, 2.75) is 32.1 Å². The van der Waals surface area contributed by atoms with Crippen LogP contribution in [0.4, 0.5) is 0 Å². The molecule has 3 rings (SSSR count). The van der Waals surface area contributed by atoms with Crippen molar-refractivity contribution in [1.29, 1.82) is 0 Å². The van der Waals surface area contributed by atoms with Crippen LogP contribution in [0.3, 0.4) is 0 Å². The Hall–Kier alpha value is -1.66. The van der Waals surface area contributed by atoms with E-state index in [0.717, 1.165) is 47.9 Å². The molecule has 0 fully saturated rings. The normalized spacial score (nSPS) is 17.6. The van der Waals surface area contributed by atoms with Crippen molar-refractivity contribution in [3.8, 4) is 5.75 Å². The number of carbonyl (C=O) groups is 1. The number of nitrogens with two attached hydrogens (primary N) is 1. The summed E-state index contributed by atoms with van der Waals surface area (Å²) in [5.41, 5.74) is 3.86. The summed E-state index contributed by atoms with van der Waals surface area (Å²) in [5.74, 6) is 0.291. The van der Waals surface area contributed by atoms with Crippen LogP contribution in [0.5, 0.6) is 5.75 Å². The van der Waals surface area contributed by atoms with E-state index in [1.165, 1.54) is 0 Å². The lowest BCUT2D eigenvalue weighted by molar-refractivity contribution is -0.114. The van der Waals surface area contributed by atoms with Crippen molar-refractivity contribution in [2.24, 2.45) is 5.14 Å². The Bertz CT molecular complexity index is 719. The SMILES string of the molecule is NS(=O)(=O)Oc1cc2c(c3c1CCCC3)C=CC(=O)C2. The van der Waals surface area contributed by atoms with E-state index in [-0.39, 0.29) is 18.0 Å². The van der Waals surface area contributed by atoms with E-state index in [2.05, 4.69) is 0 Å². The molecule has 0 bridgehead atoms. The fraction of sp³-hybridized carbons (Fsp3) is 0.357. The van der Waals surface area contributed by atoms with Crippen LogP contribution in [0.2, 0.25) is 0 Å². The molecule has 0 atom stereocenters. The molecule has 6 heteroatoms. The van der Waals surface area contributed by atoms with Crippen LogP contribution in [0.1, 0.15) is 35.1 Å². The summed E-state index contributed by atoms with van der Waals surface area (Å²) in [7, 11) is -4.05. The molecule has 0 saturated carbocycles. The maximum atomic E-state index is 11.5. The van der Waals surface area contributed by atoms with Crippen LogP contribution in [0.25, 0.3) is 6.08 Å². The number of fused-ring (bicyclic) bond motifs is 3. The van der Waals surface area contributed by atoms with Crippen LogP contribution in [-0.4, -0.2) is 14.2 Å². The Morgan fingerprint density at radius 2 is 1.80 bits per heavy atom. The molecule has 1 aromatic carbocycles. The second-order valence-corrected chi connectivity index (χ2v) is 6.32. The minimum atomic E-state index is -4.05. The summed E-state index contributed by atoms with van der Waals surface area (Å²) in [5, 5.41) is 4.97. The van der Waals surface area contributed by atoms with Gasteiger partial charge >= 0.3 is 10.3 Å². The lowest BCUT2D eigenvalue weighted by atomic mass is 9.82.